The molecule has 4 bridgehead atoms. The molecular weight excluding hydrogens is 434 g/mol. The number of ether oxygens (including phenoxy) is 1. The molecule has 0 heterocycles. The summed E-state index contributed by atoms with van der Waals surface area (Å²) in [5.41, 5.74) is 8.36. The highest BCUT2D eigenvalue weighted by Crippen LogP contribution is 2.34. The van der Waals surface area contributed by atoms with E-state index < -0.39 is 0 Å². The molecule has 0 saturated carbocycles. The molecular formula is C31H37NO3. The van der Waals surface area contributed by atoms with Crippen molar-refractivity contribution >= 4 is 5.71 Å². The fourth-order valence-electron chi connectivity index (χ4n) is 4.90. The third-order valence-electron chi connectivity index (χ3n) is 7.13. The minimum Gasteiger partial charge on any atom is -0.507 e. The number of aromatic hydroxyl groups is 1. The number of aliphatic imine (C=N–C) groups is 1. The van der Waals surface area contributed by atoms with Gasteiger partial charge in [-0.3, -0.25) is 4.99 Å². The molecule has 0 aliphatic heterocycles. The third kappa shape index (κ3) is 5.43. The molecule has 3 aromatic carbocycles. The molecule has 184 valence electrons. The minimum absolute atomic E-state index is 0.0183. The van der Waals surface area contributed by atoms with Crippen molar-refractivity contribution in [3.05, 3.63) is 82.4 Å². The van der Waals surface area contributed by atoms with Gasteiger partial charge in [-0.2, -0.15) is 0 Å². The number of hydrogen-bond donors (Lipinski definition) is 2. The standard InChI is InChI=1S/C31H37NO3/c1-20(32-28(19-33)31(2,3)4)29-23-12-10-21-9-11-22(13-15-24(16-14-23)30(29)34)27(17-21)25-7-6-8-26(18-25)35-5/h6-9,11,14,16-18,28,33-34H,10,12-13,15,19H2,1-5H3/t28-/m1/s1. The van der Waals surface area contributed by atoms with Gasteiger partial charge in [0.05, 0.1) is 19.8 Å². The summed E-state index contributed by atoms with van der Waals surface area (Å²) in [6.45, 7) is 8.18. The first-order valence-corrected chi connectivity index (χ1v) is 12.5. The van der Waals surface area contributed by atoms with Gasteiger partial charge in [-0.25, -0.2) is 0 Å². The van der Waals surface area contributed by atoms with Crippen molar-refractivity contribution in [3.8, 4) is 22.6 Å². The van der Waals surface area contributed by atoms with E-state index in [0.29, 0.717) is 5.75 Å². The number of hydrogen-bond acceptors (Lipinski definition) is 4. The SMILES string of the molecule is COc1cccc(-c2cc3ccc2CCc2ccc(c(C(C)=N[C@H](CO)C(C)(C)C)c2O)CC3)c1. The van der Waals surface area contributed by atoms with Crippen LogP contribution in [0.2, 0.25) is 0 Å². The Morgan fingerprint density at radius 1 is 0.943 bits per heavy atom. The van der Waals surface area contributed by atoms with Gasteiger partial charge in [0.15, 0.2) is 0 Å². The zero-order chi connectivity index (χ0) is 25.2. The van der Waals surface area contributed by atoms with Gasteiger partial charge in [0.2, 0.25) is 0 Å². The summed E-state index contributed by atoms with van der Waals surface area (Å²) in [5.74, 6) is 1.18. The van der Waals surface area contributed by atoms with E-state index in [1.807, 2.05) is 19.1 Å². The number of phenolic OH excluding ortho intramolecular Hbond substituents is 1. The van der Waals surface area contributed by atoms with Crippen LogP contribution in [-0.4, -0.2) is 35.7 Å². The molecule has 4 aliphatic rings. The third-order valence-corrected chi connectivity index (χ3v) is 7.13. The first kappa shape index (κ1) is 25.0. The molecule has 0 saturated heterocycles. The summed E-state index contributed by atoms with van der Waals surface area (Å²) < 4.78 is 5.46. The van der Waals surface area contributed by atoms with Gasteiger partial charge in [-0.15, -0.1) is 0 Å². The maximum atomic E-state index is 11.4. The smallest absolute Gasteiger partial charge is 0.128 e. The average molecular weight is 472 g/mol. The predicted octanol–water partition coefficient (Wildman–Crippen LogP) is 6.17. The van der Waals surface area contributed by atoms with Gasteiger partial charge in [-0.05, 0) is 83.5 Å². The lowest BCUT2D eigenvalue weighted by atomic mass is 9.86. The topological polar surface area (TPSA) is 62.0 Å². The van der Waals surface area contributed by atoms with Crippen LogP contribution >= 0.6 is 0 Å². The van der Waals surface area contributed by atoms with Gasteiger partial charge in [0.1, 0.15) is 11.5 Å². The zero-order valence-corrected chi connectivity index (χ0v) is 21.6. The molecule has 4 aliphatic carbocycles. The lowest BCUT2D eigenvalue weighted by Crippen LogP contribution is -2.29. The molecule has 35 heavy (non-hydrogen) atoms. The number of benzene rings is 3. The lowest BCUT2D eigenvalue weighted by Gasteiger charge is -2.27. The molecule has 2 N–H and O–H groups in total. The van der Waals surface area contributed by atoms with E-state index in [9.17, 15) is 10.2 Å². The van der Waals surface area contributed by atoms with Crippen LogP contribution in [0.15, 0.2) is 59.6 Å². The Kier molecular flexibility index (Phi) is 7.32. The number of aliphatic hydroxyl groups excluding tert-OH is 1. The van der Waals surface area contributed by atoms with Crippen LogP contribution in [0.25, 0.3) is 11.1 Å². The molecule has 4 heteroatoms. The van der Waals surface area contributed by atoms with Crippen molar-refractivity contribution in [1.29, 1.82) is 0 Å². The molecule has 0 amide bonds. The summed E-state index contributed by atoms with van der Waals surface area (Å²) in [6.07, 6.45) is 3.20. The average Bonchev–Trinajstić information content (AvgIpc) is 2.83. The number of rotatable bonds is 5. The van der Waals surface area contributed by atoms with Crippen LogP contribution in [-0.2, 0) is 25.7 Å². The van der Waals surface area contributed by atoms with Gasteiger partial charge in [-0.1, -0.05) is 63.2 Å². The number of aliphatic hydroxyl groups is 1. The molecule has 7 rings (SSSR count). The highest BCUT2D eigenvalue weighted by Gasteiger charge is 2.25. The van der Waals surface area contributed by atoms with Crippen LogP contribution in [0.5, 0.6) is 11.5 Å². The number of nitrogens with zero attached hydrogens (tertiary/aromatic N) is 1. The van der Waals surface area contributed by atoms with Crippen molar-refractivity contribution in [2.24, 2.45) is 10.4 Å². The van der Waals surface area contributed by atoms with Crippen LogP contribution in [0.1, 0.15) is 55.5 Å². The maximum Gasteiger partial charge on any atom is 0.128 e. The maximum absolute atomic E-state index is 11.4. The normalized spacial score (nSPS) is 15.0. The Morgan fingerprint density at radius 3 is 2.34 bits per heavy atom. The Bertz CT molecular complexity index is 1240. The van der Waals surface area contributed by atoms with Crippen molar-refractivity contribution in [1.82, 2.24) is 0 Å². The Balaban J connectivity index is 1.75. The minimum atomic E-state index is -0.227. The van der Waals surface area contributed by atoms with E-state index in [2.05, 4.69) is 63.2 Å². The second-order valence-electron chi connectivity index (χ2n) is 10.6. The van der Waals surface area contributed by atoms with E-state index in [1.54, 1.807) is 7.11 Å². The highest BCUT2D eigenvalue weighted by atomic mass is 16.5. The molecule has 0 spiro atoms. The summed E-state index contributed by atoms with van der Waals surface area (Å²) in [6, 6.07) is 19.0. The van der Waals surface area contributed by atoms with Gasteiger partial charge < -0.3 is 14.9 Å². The lowest BCUT2D eigenvalue weighted by molar-refractivity contribution is 0.190. The fourth-order valence-corrected chi connectivity index (χ4v) is 4.90. The first-order chi connectivity index (χ1) is 16.7. The van der Waals surface area contributed by atoms with Crippen LogP contribution in [0.4, 0.5) is 0 Å². The molecule has 3 aromatic rings. The van der Waals surface area contributed by atoms with Crippen molar-refractivity contribution < 1.29 is 14.9 Å². The van der Waals surface area contributed by atoms with E-state index in [0.717, 1.165) is 59.4 Å². The summed E-state index contributed by atoms with van der Waals surface area (Å²) in [7, 11) is 1.70. The molecule has 4 nitrogen and oxygen atoms in total. The summed E-state index contributed by atoms with van der Waals surface area (Å²) in [4.78, 5) is 4.87. The number of methoxy groups -OCH3 is 1. The largest absolute Gasteiger partial charge is 0.507 e. The van der Waals surface area contributed by atoms with E-state index >= 15 is 0 Å². The molecule has 0 fully saturated rings. The van der Waals surface area contributed by atoms with Gasteiger partial charge in [0.25, 0.3) is 0 Å². The van der Waals surface area contributed by atoms with Crippen molar-refractivity contribution in [2.45, 2.75) is 59.4 Å². The Labute approximate surface area is 209 Å². The van der Waals surface area contributed by atoms with E-state index in [-0.39, 0.29) is 18.1 Å². The van der Waals surface area contributed by atoms with Gasteiger partial charge >= 0.3 is 0 Å². The van der Waals surface area contributed by atoms with Crippen molar-refractivity contribution in [3.63, 3.8) is 0 Å². The zero-order valence-electron chi connectivity index (χ0n) is 21.6. The van der Waals surface area contributed by atoms with Gasteiger partial charge in [0, 0.05) is 11.3 Å². The predicted molar refractivity (Wildman–Crippen MR) is 144 cm³/mol. The fraction of sp³-hybridized carbons (Fsp3) is 0.387. The molecule has 0 radical (unpaired) electrons. The second-order valence-corrected chi connectivity index (χ2v) is 10.6. The Morgan fingerprint density at radius 2 is 1.63 bits per heavy atom. The Hall–Kier alpha value is -3.11. The molecule has 1 atom stereocenters. The monoisotopic (exact) mass is 471 g/mol. The molecule has 0 unspecified atom stereocenters. The summed E-state index contributed by atoms with van der Waals surface area (Å²) in [5, 5.41) is 21.3. The first-order valence-electron chi connectivity index (χ1n) is 12.5. The quantitative estimate of drug-likeness (QED) is 0.438. The summed E-state index contributed by atoms with van der Waals surface area (Å²) >= 11 is 0. The van der Waals surface area contributed by atoms with Crippen molar-refractivity contribution in [2.75, 3.05) is 13.7 Å². The molecule has 0 aromatic heterocycles. The second kappa shape index (κ2) is 10.2. The van der Waals surface area contributed by atoms with Crippen LogP contribution < -0.4 is 4.74 Å². The van der Waals surface area contributed by atoms with E-state index in [4.69, 9.17) is 9.73 Å². The number of aryl methyl sites for hydroxylation is 4. The highest BCUT2D eigenvalue weighted by molar-refractivity contribution is 6.03. The van der Waals surface area contributed by atoms with Crippen LogP contribution in [0.3, 0.4) is 0 Å². The van der Waals surface area contributed by atoms with E-state index in [1.165, 1.54) is 16.7 Å². The van der Waals surface area contributed by atoms with Crippen LogP contribution in [0, 0.1) is 5.41 Å². The number of phenols is 1.